The van der Waals surface area contributed by atoms with Gasteiger partial charge in [0.15, 0.2) is 0 Å². The van der Waals surface area contributed by atoms with Crippen LogP contribution in [0.25, 0.3) is 0 Å². The van der Waals surface area contributed by atoms with Crippen LogP contribution in [0.15, 0.2) is 24.3 Å². The highest BCUT2D eigenvalue weighted by molar-refractivity contribution is 5.85. The number of hydrogen-bond donors (Lipinski definition) is 1. The van der Waals surface area contributed by atoms with Crippen LogP contribution in [-0.4, -0.2) is 26.0 Å². The first-order valence-electron chi connectivity index (χ1n) is 6.41. The fourth-order valence-corrected chi connectivity index (χ4v) is 2.30. The number of hydrogen-bond acceptors (Lipinski definition) is 2. The van der Waals surface area contributed by atoms with Crippen LogP contribution in [0, 0.1) is 0 Å². The van der Waals surface area contributed by atoms with Gasteiger partial charge in [-0.3, -0.25) is 4.79 Å². The summed E-state index contributed by atoms with van der Waals surface area (Å²) < 4.78 is 0. The molecule has 1 aliphatic heterocycles. The maximum atomic E-state index is 10.1. The minimum Gasteiger partial charge on any atom is -0.372 e. The number of amides is 1. The third kappa shape index (κ3) is 4.22. The first kappa shape index (κ1) is 14.8. The summed E-state index contributed by atoms with van der Waals surface area (Å²) in [5, 5.41) is 2.68. The molecule has 2 rings (SSSR count). The third-order valence-corrected chi connectivity index (χ3v) is 3.30. The van der Waals surface area contributed by atoms with E-state index in [2.05, 4.69) is 34.5 Å². The third-order valence-electron chi connectivity index (χ3n) is 3.30. The van der Waals surface area contributed by atoms with Crippen molar-refractivity contribution in [3.05, 3.63) is 29.8 Å². The lowest BCUT2D eigenvalue weighted by Crippen LogP contribution is -2.29. The molecule has 1 amide bonds. The van der Waals surface area contributed by atoms with E-state index in [0.717, 1.165) is 12.8 Å². The molecule has 1 aromatic rings. The van der Waals surface area contributed by atoms with E-state index in [4.69, 9.17) is 0 Å². The predicted molar refractivity (Wildman–Crippen MR) is 77.5 cm³/mol. The Morgan fingerprint density at radius 2 is 1.78 bits per heavy atom. The topological polar surface area (TPSA) is 32.3 Å². The monoisotopic (exact) mass is 268 g/mol. The number of halogens is 1. The first-order chi connectivity index (χ1) is 8.40. The van der Waals surface area contributed by atoms with Crippen LogP contribution >= 0.6 is 12.4 Å². The molecule has 0 saturated carbocycles. The van der Waals surface area contributed by atoms with E-state index in [-0.39, 0.29) is 12.4 Å². The fraction of sp³-hybridized carbons (Fsp3) is 0.500. The maximum absolute atomic E-state index is 10.1. The molecule has 1 aliphatic rings. The van der Waals surface area contributed by atoms with Gasteiger partial charge in [-0.15, -0.1) is 12.4 Å². The molecule has 0 aromatic heterocycles. The van der Waals surface area contributed by atoms with Gasteiger partial charge in [0.1, 0.15) is 0 Å². The number of carbonyl (C=O) groups is 1. The van der Waals surface area contributed by atoms with Gasteiger partial charge in [0.2, 0.25) is 6.41 Å². The van der Waals surface area contributed by atoms with Crippen LogP contribution in [0.1, 0.15) is 24.8 Å². The number of carbonyl (C=O) groups excluding carboxylic acids is 1. The van der Waals surface area contributed by atoms with Crippen molar-refractivity contribution in [3.8, 4) is 0 Å². The van der Waals surface area contributed by atoms with E-state index in [0.29, 0.717) is 6.54 Å². The highest BCUT2D eigenvalue weighted by Crippen LogP contribution is 2.20. The number of rotatable bonds is 5. The van der Waals surface area contributed by atoms with Gasteiger partial charge in [0.05, 0.1) is 0 Å². The number of nitrogens with one attached hydrogen (secondary N) is 1. The van der Waals surface area contributed by atoms with Crippen LogP contribution < -0.4 is 10.2 Å². The minimum absolute atomic E-state index is 0. The highest BCUT2D eigenvalue weighted by atomic mass is 35.5. The molecule has 18 heavy (non-hydrogen) atoms. The van der Waals surface area contributed by atoms with E-state index >= 15 is 0 Å². The van der Waals surface area contributed by atoms with Gasteiger partial charge in [-0.2, -0.15) is 0 Å². The van der Waals surface area contributed by atoms with Gasteiger partial charge >= 0.3 is 0 Å². The second-order valence-electron chi connectivity index (χ2n) is 4.54. The Bertz CT molecular complexity index is 347. The SMILES string of the molecule is Cl.O=CNCCc1ccc(N2CCCCC2)cc1. The molecule has 0 unspecified atom stereocenters. The summed E-state index contributed by atoms with van der Waals surface area (Å²) in [6, 6.07) is 8.72. The van der Waals surface area contributed by atoms with E-state index in [9.17, 15) is 4.79 Å². The molecule has 0 spiro atoms. The Morgan fingerprint density at radius 3 is 2.39 bits per heavy atom. The van der Waals surface area contributed by atoms with Crippen molar-refractivity contribution in [2.75, 3.05) is 24.5 Å². The second kappa shape index (κ2) is 7.98. The van der Waals surface area contributed by atoms with E-state index in [1.54, 1.807) is 0 Å². The summed E-state index contributed by atoms with van der Waals surface area (Å²) in [7, 11) is 0. The lowest BCUT2D eigenvalue weighted by molar-refractivity contribution is -0.109. The zero-order chi connectivity index (χ0) is 11.9. The van der Waals surface area contributed by atoms with E-state index in [1.807, 2.05) is 0 Å². The van der Waals surface area contributed by atoms with Crippen molar-refractivity contribution < 1.29 is 4.79 Å². The van der Waals surface area contributed by atoms with E-state index in [1.165, 1.54) is 43.6 Å². The summed E-state index contributed by atoms with van der Waals surface area (Å²) in [6.07, 6.45) is 5.64. The fourth-order valence-electron chi connectivity index (χ4n) is 2.30. The highest BCUT2D eigenvalue weighted by Gasteiger charge is 2.10. The average Bonchev–Trinajstić information content (AvgIpc) is 2.41. The molecular formula is C14H21ClN2O. The van der Waals surface area contributed by atoms with Crippen LogP contribution in [0.4, 0.5) is 5.69 Å². The molecule has 0 atom stereocenters. The molecule has 1 N–H and O–H groups in total. The van der Waals surface area contributed by atoms with E-state index < -0.39 is 0 Å². The average molecular weight is 269 g/mol. The summed E-state index contributed by atoms with van der Waals surface area (Å²) >= 11 is 0. The normalized spacial score (nSPS) is 14.8. The first-order valence-corrected chi connectivity index (χ1v) is 6.41. The Morgan fingerprint density at radius 1 is 1.11 bits per heavy atom. The largest absolute Gasteiger partial charge is 0.372 e. The number of anilines is 1. The van der Waals surface area contributed by atoms with Gasteiger partial charge in [0, 0.05) is 25.3 Å². The Balaban J connectivity index is 0.00000162. The Labute approximate surface area is 115 Å². The molecule has 1 fully saturated rings. The molecule has 0 bridgehead atoms. The van der Waals surface area contributed by atoms with Crippen LogP contribution in [0.3, 0.4) is 0 Å². The quantitative estimate of drug-likeness (QED) is 0.657. The van der Waals surface area contributed by atoms with Gasteiger partial charge in [-0.25, -0.2) is 0 Å². The van der Waals surface area contributed by atoms with Crippen LogP contribution in [-0.2, 0) is 11.2 Å². The van der Waals surface area contributed by atoms with Crippen LogP contribution in [0.5, 0.6) is 0 Å². The van der Waals surface area contributed by atoms with Gasteiger partial charge < -0.3 is 10.2 Å². The second-order valence-corrected chi connectivity index (χ2v) is 4.54. The standard InChI is InChI=1S/C14H20N2O.ClH/c17-12-15-9-8-13-4-6-14(7-5-13)16-10-2-1-3-11-16;/h4-7,12H,1-3,8-11H2,(H,15,17);1H. The molecule has 1 saturated heterocycles. The van der Waals surface area contributed by atoms with Gasteiger partial charge in [-0.05, 0) is 43.4 Å². The molecule has 100 valence electrons. The molecular weight excluding hydrogens is 248 g/mol. The summed E-state index contributed by atoms with van der Waals surface area (Å²) in [5.74, 6) is 0. The lowest BCUT2D eigenvalue weighted by Gasteiger charge is -2.28. The van der Waals surface area contributed by atoms with Crippen molar-refractivity contribution in [3.63, 3.8) is 0 Å². The summed E-state index contributed by atoms with van der Waals surface area (Å²) in [4.78, 5) is 12.6. The van der Waals surface area contributed by atoms with Crippen LogP contribution in [0.2, 0.25) is 0 Å². The molecule has 0 radical (unpaired) electrons. The van der Waals surface area contributed by atoms with Crippen molar-refractivity contribution in [2.45, 2.75) is 25.7 Å². The molecule has 1 heterocycles. The number of piperidine rings is 1. The van der Waals surface area contributed by atoms with Crippen molar-refractivity contribution >= 4 is 24.5 Å². The summed E-state index contributed by atoms with van der Waals surface area (Å²) in [6.45, 7) is 3.09. The zero-order valence-electron chi connectivity index (χ0n) is 10.6. The van der Waals surface area contributed by atoms with Gasteiger partial charge in [-0.1, -0.05) is 12.1 Å². The lowest BCUT2D eigenvalue weighted by atomic mass is 10.1. The number of nitrogens with zero attached hydrogens (tertiary/aromatic N) is 1. The van der Waals surface area contributed by atoms with Gasteiger partial charge in [0.25, 0.3) is 0 Å². The number of benzene rings is 1. The zero-order valence-corrected chi connectivity index (χ0v) is 11.4. The Kier molecular flexibility index (Phi) is 6.58. The van der Waals surface area contributed by atoms with Crippen molar-refractivity contribution in [1.82, 2.24) is 5.32 Å². The maximum Gasteiger partial charge on any atom is 0.207 e. The summed E-state index contributed by atoms with van der Waals surface area (Å²) in [5.41, 5.74) is 2.61. The van der Waals surface area contributed by atoms with Crippen molar-refractivity contribution in [2.24, 2.45) is 0 Å². The molecule has 1 aromatic carbocycles. The Hall–Kier alpha value is -1.22. The predicted octanol–water partition coefficient (Wildman–Crippen LogP) is 2.39. The minimum atomic E-state index is 0. The van der Waals surface area contributed by atoms with Crippen molar-refractivity contribution in [1.29, 1.82) is 0 Å². The molecule has 0 aliphatic carbocycles. The molecule has 3 nitrogen and oxygen atoms in total. The smallest absolute Gasteiger partial charge is 0.207 e. The molecule has 4 heteroatoms.